The van der Waals surface area contributed by atoms with Gasteiger partial charge < -0.3 is 39.0 Å². The van der Waals surface area contributed by atoms with Crippen molar-refractivity contribution >= 4 is 23.9 Å². The zero-order valence-electron chi connectivity index (χ0n) is 49.2. The Morgan fingerprint density at radius 2 is 0.818 bits per heavy atom. The molecule has 0 amide bonds. The first-order valence-electron chi connectivity index (χ1n) is 31.6. The van der Waals surface area contributed by atoms with Crippen molar-refractivity contribution < 1.29 is 58.2 Å². The third kappa shape index (κ3) is 43.2. The minimum absolute atomic E-state index is 0.0629. The van der Waals surface area contributed by atoms with E-state index in [-0.39, 0.29) is 25.9 Å². The van der Waals surface area contributed by atoms with Gasteiger partial charge in [-0.2, -0.15) is 0 Å². The lowest BCUT2D eigenvalue weighted by atomic mass is 9.98. The Kier molecular flexibility index (Phi) is 49.7. The summed E-state index contributed by atoms with van der Waals surface area (Å²) in [6.07, 6.45) is 52.1. The zero-order chi connectivity index (χ0) is 56.1. The molecule has 0 aromatic rings. The van der Waals surface area contributed by atoms with Gasteiger partial charge in [-0.3, -0.25) is 14.4 Å². The van der Waals surface area contributed by atoms with Crippen LogP contribution in [-0.2, 0) is 42.9 Å². The maximum absolute atomic E-state index is 13.2. The van der Waals surface area contributed by atoms with Crippen LogP contribution in [0.1, 0.15) is 290 Å². The number of hydrogen-bond donors (Lipinski definition) is 3. The summed E-state index contributed by atoms with van der Waals surface area (Å²) in [5, 5.41) is 31.5. The molecule has 0 spiro atoms. The molecule has 1 rings (SSSR count). The molecule has 0 saturated carbocycles. The Morgan fingerprint density at radius 1 is 0.442 bits per heavy atom. The smallest absolute Gasteiger partial charge is 0.335 e. The quantitative estimate of drug-likeness (QED) is 0.0228. The van der Waals surface area contributed by atoms with Crippen LogP contribution in [0, 0.1) is 0 Å². The lowest BCUT2D eigenvalue weighted by molar-refractivity contribution is -0.301. The summed E-state index contributed by atoms with van der Waals surface area (Å²) in [4.78, 5) is 51.2. The number of rotatable bonds is 54. The number of aliphatic carboxylic acids is 1. The summed E-state index contributed by atoms with van der Waals surface area (Å²) in [6.45, 7) is 5.90. The van der Waals surface area contributed by atoms with Gasteiger partial charge in [0.15, 0.2) is 24.6 Å². The maximum Gasteiger partial charge on any atom is 0.335 e. The topological polar surface area (TPSA) is 175 Å². The second-order valence-corrected chi connectivity index (χ2v) is 21.7. The van der Waals surface area contributed by atoms with Crippen LogP contribution in [0.5, 0.6) is 0 Å². The summed E-state index contributed by atoms with van der Waals surface area (Å²) >= 11 is 0. The van der Waals surface area contributed by atoms with Crippen molar-refractivity contribution in [1.29, 1.82) is 0 Å². The monoisotopic (exact) mass is 1090 g/mol. The van der Waals surface area contributed by atoms with Gasteiger partial charge in [-0.15, -0.1) is 0 Å². The molecule has 12 heteroatoms. The Balaban J connectivity index is 2.68. The number of esters is 3. The Labute approximate surface area is 469 Å². The molecule has 1 aliphatic rings. The van der Waals surface area contributed by atoms with E-state index in [0.29, 0.717) is 19.3 Å². The van der Waals surface area contributed by atoms with Crippen molar-refractivity contribution in [1.82, 2.24) is 0 Å². The van der Waals surface area contributed by atoms with E-state index < -0.39 is 67.3 Å². The maximum atomic E-state index is 13.2. The lowest BCUT2D eigenvalue weighted by Gasteiger charge is -2.40. The van der Waals surface area contributed by atoms with E-state index in [0.717, 1.165) is 96.3 Å². The van der Waals surface area contributed by atoms with Gasteiger partial charge in [-0.25, -0.2) is 4.79 Å². The van der Waals surface area contributed by atoms with Gasteiger partial charge in [0.05, 0.1) is 6.61 Å². The van der Waals surface area contributed by atoms with Gasteiger partial charge >= 0.3 is 23.9 Å². The van der Waals surface area contributed by atoms with Crippen LogP contribution in [0.4, 0.5) is 0 Å². The average molecular weight is 1090 g/mol. The molecule has 1 saturated heterocycles. The van der Waals surface area contributed by atoms with Crippen LogP contribution < -0.4 is 0 Å². The molecular formula is C65H114O12. The van der Waals surface area contributed by atoms with Crippen LogP contribution in [-0.4, -0.2) is 89.2 Å². The molecule has 12 nitrogen and oxygen atoms in total. The van der Waals surface area contributed by atoms with Gasteiger partial charge in [0, 0.05) is 19.3 Å². The Bertz CT molecular complexity index is 1520. The number of ether oxygens (including phenoxy) is 5. The van der Waals surface area contributed by atoms with Crippen LogP contribution in [0.25, 0.3) is 0 Å². The highest BCUT2D eigenvalue weighted by Crippen LogP contribution is 2.27. The van der Waals surface area contributed by atoms with E-state index in [1.54, 1.807) is 0 Å². The van der Waals surface area contributed by atoms with Crippen molar-refractivity contribution in [3.8, 4) is 0 Å². The number of carboxylic acid groups (broad SMARTS) is 1. The highest BCUT2D eigenvalue weighted by molar-refractivity contribution is 5.74. The van der Waals surface area contributed by atoms with E-state index in [9.17, 15) is 34.5 Å². The molecule has 446 valence electrons. The molecule has 1 aliphatic heterocycles. The van der Waals surface area contributed by atoms with Gasteiger partial charge in [0.2, 0.25) is 0 Å². The number of aliphatic hydroxyl groups is 2. The lowest BCUT2D eigenvalue weighted by Crippen LogP contribution is -2.61. The van der Waals surface area contributed by atoms with E-state index in [1.165, 1.54) is 135 Å². The van der Waals surface area contributed by atoms with E-state index in [4.69, 9.17) is 23.7 Å². The number of unbranched alkanes of at least 4 members (excludes halogenated alkanes) is 32. The summed E-state index contributed by atoms with van der Waals surface area (Å²) in [7, 11) is 0. The second kappa shape index (κ2) is 53.3. The zero-order valence-corrected chi connectivity index (χ0v) is 49.2. The van der Waals surface area contributed by atoms with Gasteiger partial charge in [-0.05, 0) is 57.8 Å². The van der Waals surface area contributed by atoms with E-state index in [2.05, 4.69) is 69.4 Å². The van der Waals surface area contributed by atoms with Crippen molar-refractivity contribution in [3.63, 3.8) is 0 Å². The minimum Gasteiger partial charge on any atom is -0.479 e. The standard InChI is InChI=1S/C65H114O12/c1-4-7-10-13-16-19-22-25-28-29-32-33-36-39-42-45-48-51-57(66)73-54-56(75-58(67)52-49-46-43-40-37-34-30-26-23-20-17-14-11-8-5-2)55-74-65-63(61(70)60(69)62(77-65)64(71)72)76-59(68)53-50-47-44-41-38-35-31-27-24-21-18-15-12-9-6-3/h7,10,16,19,25,28,32-33,56,60-63,65,69-70H,4-6,8-9,11-15,17-18,20-24,26-27,29-31,34-55H2,1-3H3,(H,71,72)/b10-7-,19-16-,28-25-,33-32-. The molecule has 0 aliphatic carbocycles. The number of carbonyl (C=O) groups is 4. The van der Waals surface area contributed by atoms with Crippen molar-refractivity contribution in [2.24, 2.45) is 0 Å². The largest absolute Gasteiger partial charge is 0.479 e. The van der Waals surface area contributed by atoms with E-state index in [1.807, 2.05) is 0 Å². The Hall–Kier alpha value is -3.32. The van der Waals surface area contributed by atoms with Gasteiger partial charge in [-0.1, -0.05) is 262 Å². The number of hydrogen-bond acceptors (Lipinski definition) is 11. The number of allylic oxidation sites excluding steroid dienone is 8. The molecule has 6 unspecified atom stereocenters. The normalized spacial score (nSPS) is 18.3. The highest BCUT2D eigenvalue weighted by Gasteiger charge is 2.50. The minimum atomic E-state index is -1.90. The molecule has 3 N–H and O–H groups in total. The van der Waals surface area contributed by atoms with Crippen molar-refractivity contribution in [2.75, 3.05) is 13.2 Å². The average Bonchev–Trinajstić information content (AvgIpc) is 3.42. The van der Waals surface area contributed by atoms with Crippen LogP contribution in [0.3, 0.4) is 0 Å². The van der Waals surface area contributed by atoms with Crippen LogP contribution in [0.2, 0.25) is 0 Å². The van der Waals surface area contributed by atoms with E-state index >= 15 is 0 Å². The molecule has 0 radical (unpaired) electrons. The molecular weight excluding hydrogens is 973 g/mol. The Morgan fingerprint density at radius 3 is 1.25 bits per heavy atom. The fourth-order valence-electron chi connectivity index (χ4n) is 9.60. The number of aliphatic hydroxyl groups excluding tert-OH is 2. The molecule has 0 aromatic heterocycles. The molecule has 1 heterocycles. The summed E-state index contributed by atoms with van der Waals surface area (Å²) in [6, 6.07) is 0. The van der Waals surface area contributed by atoms with Crippen LogP contribution >= 0.6 is 0 Å². The fourth-order valence-corrected chi connectivity index (χ4v) is 9.60. The highest BCUT2D eigenvalue weighted by atomic mass is 16.7. The summed E-state index contributed by atoms with van der Waals surface area (Å²) < 4.78 is 28.5. The van der Waals surface area contributed by atoms with Crippen molar-refractivity contribution in [3.05, 3.63) is 48.6 Å². The number of carboxylic acids is 1. The molecule has 6 atom stereocenters. The third-order valence-electron chi connectivity index (χ3n) is 14.4. The van der Waals surface area contributed by atoms with Crippen LogP contribution in [0.15, 0.2) is 48.6 Å². The van der Waals surface area contributed by atoms with Gasteiger partial charge in [0.1, 0.15) is 18.8 Å². The molecule has 0 aromatic carbocycles. The molecule has 0 bridgehead atoms. The third-order valence-corrected chi connectivity index (χ3v) is 14.4. The molecule has 1 fully saturated rings. The van der Waals surface area contributed by atoms with Crippen molar-refractivity contribution in [2.45, 2.75) is 327 Å². The summed E-state index contributed by atoms with van der Waals surface area (Å²) in [5.74, 6) is -3.12. The molecule has 77 heavy (non-hydrogen) atoms. The first-order chi connectivity index (χ1) is 37.6. The fraction of sp³-hybridized carbons (Fsp3) is 0.815. The second-order valence-electron chi connectivity index (χ2n) is 21.7. The predicted octanol–water partition coefficient (Wildman–Crippen LogP) is 16.6. The number of carbonyl (C=O) groups excluding carboxylic acids is 3. The van der Waals surface area contributed by atoms with Gasteiger partial charge in [0.25, 0.3) is 0 Å². The first kappa shape index (κ1) is 71.7. The SMILES string of the molecule is CC/C=C\C/C=C\C/C=C\C/C=C\CCCCCCC(=O)OCC(COC1OC(C(=O)O)C(O)C(O)C1OC(=O)CCCCCCCCCCCCCCCCC)OC(=O)CCCCCCCCCCCCCCCCC. The first-order valence-corrected chi connectivity index (χ1v) is 31.6. The predicted molar refractivity (Wildman–Crippen MR) is 312 cm³/mol. The summed E-state index contributed by atoms with van der Waals surface area (Å²) in [5.41, 5.74) is 0.